The highest BCUT2D eigenvalue weighted by atomic mass is 16.4. The molecule has 0 aliphatic carbocycles. The summed E-state index contributed by atoms with van der Waals surface area (Å²) in [5.41, 5.74) is 1.72. The van der Waals surface area contributed by atoms with Gasteiger partial charge in [-0.1, -0.05) is 36.4 Å². The number of carbonyl (C=O) groups is 1. The van der Waals surface area contributed by atoms with E-state index in [9.17, 15) is 20.3 Å². The molecule has 0 saturated carbocycles. The van der Waals surface area contributed by atoms with E-state index in [0.717, 1.165) is 48.0 Å². The fourth-order valence-electron chi connectivity index (χ4n) is 3.71. The second kappa shape index (κ2) is 10.2. The number of piperidine rings is 1. The van der Waals surface area contributed by atoms with Crippen molar-refractivity contribution < 1.29 is 20.1 Å². The Kier molecular flexibility index (Phi) is 7.41. The lowest BCUT2D eigenvalue weighted by molar-refractivity contribution is -0.118. The van der Waals surface area contributed by atoms with Crippen LogP contribution >= 0.6 is 0 Å². The average molecular weight is 409 g/mol. The van der Waals surface area contributed by atoms with Gasteiger partial charge in [0, 0.05) is 25.0 Å². The molecule has 1 aliphatic heterocycles. The summed E-state index contributed by atoms with van der Waals surface area (Å²) in [5.74, 6) is -0.639. The molecule has 0 spiro atoms. The number of fused-ring (bicyclic) bond motifs is 1. The predicted molar refractivity (Wildman–Crippen MR) is 116 cm³/mol. The molecule has 1 aliphatic rings. The third-order valence-electron chi connectivity index (χ3n) is 5.37. The fraction of sp³-hybridized carbons (Fsp3) is 0.391. The normalized spacial score (nSPS) is 16.7. The molecule has 4 N–H and O–H groups in total. The van der Waals surface area contributed by atoms with Gasteiger partial charge in [0.15, 0.2) is 0 Å². The smallest absolute Gasteiger partial charge is 0.262 e. The minimum atomic E-state index is -1.36. The van der Waals surface area contributed by atoms with Gasteiger partial charge in [-0.25, -0.2) is 0 Å². The van der Waals surface area contributed by atoms with Gasteiger partial charge in [0.25, 0.3) is 5.91 Å². The van der Waals surface area contributed by atoms with Crippen molar-refractivity contribution in [2.24, 2.45) is 0 Å². The van der Waals surface area contributed by atoms with Gasteiger partial charge in [0.05, 0.1) is 18.4 Å². The molecule has 7 heteroatoms. The van der Waals surface area contributed by atoms with Crippen molar-refractivity contribution >= 4 is 28.4 Å². The Hall–Kier alpha value is -2.92. The van der Waals surface area contributed by atoms with E-state index in [1.807, 2.05) is 36.4 Å². The number of rotatable bonds is 7. The number of aliphatic hydroxyl groups excluding tert-OH is 3. The third-order valence-corrected chi connectivity index (χ3v) is 5.37. The molecule has 30 heavy (non-hydrogen) atoms. The summed E-state index contributed by atoms with van der Waals surface area (Å²) < 4.78 is 0. The average Bonchev–Trinajstić information content (AvgIpc) is 2.80. The van der Waals surface area contributed by atoms with E-state index in [0.29, 0.717) is 0 Å². The molecule has 1 amide bonds. The molecule has 158 valence electrons. The van der Waals surface area contributed by atoms with Crippen LogP contribution in [0.3, 0.4) is 0 Å². The van der Waals surface area contributed by atoms with Gasteiger partial charge >= 0.3 is 0 Å². The van der Waals surface area contributed by atoms with E-state index in [2.05, 4.69) is 16.3 Å². The summed E-state index contributed by atoms with van der Waals surface area (Å²) in [6, 6.07) is 13.9. The van der Waals surface area contributed by atoms with Crippen molar-refractivity contribution in [1.82, 2.24) is 5.32 Å². The minimum Gasteiger partial charge on any atom is -0.394 e. The summed E-state index contributed by atoms with van der Waals surface area (Å²) in [6.07, 6.45) is 2.29. The van der Waals surface area contributed by atoms with Gasteiger partial charge < -0.3 is 25.5 Å². The number of nitrogens with zero attached hydrogens (tertiary/aromatic N) is 2. The molecule has 0 bridgehead atoms. The molecule has 2 aromatic carbocycles. The van der Waals surface area contributed by atoms with Crippen LogP contribution in [-0.4, -0.2) is 59.7 Å². The Morgan fingerprint density at radius 3 is 2.57 bits per heavy atom. The first kappa shape index (κ1) is 21.8. The quantitative estimate of drug-likeness (QED) is 0.407. The molecule has 2 unspecified atom stereocenters. The van der Waals surface area contributed by atoms with Crippen LogP contribution in [0, 0.1) is 11.3 Å². The summed E-state index contributed by atoms with van der Waals surface area (Å²) in [7, 11) is 0. The molecule has 2 atom stereocenters. The van der Waals surface area contributed by atoms with E-state index in [4.69, 9.17) is 5.11 Å². The lowest BCUT2D eigenvalue weighted by atomic mass is 9.99. The maximum Gasteiger partial charge on any atom is 0.262 e. The van der Waals surface area contributed by atoms with Crippen molar-refractivity contribution in [2.75, 3.05) is 31.1 Å². The topological polar surface area (TPSA) is 117 Å². The number of hydrogen-bond acceptors (Lipinski definition) is 6. The number of hydrogen-bond donors (Lipinski definition) is 4. The molecular formula is C23H27N3O4. The van der Waals surface area contributed by atoms with Crippen LogP contribution in [0.15, 0.2) is 42.0 Å². The summed E-state index contributed by atoms with van der Waals surface area (Å²) >= 11 is 0. The molecule has 1 fully saturated rings. The van der Waals surface area contributed by atoms with Crippen molar-refractivity contribution in [1.29, 1.82) is 5.26 Å². The molecule has 2 aromatic rings. The molecule has 1 saturated heterocycles. The fourth-order valence-corrected chi connectivity index (χ4v) is 3.71. The van der Waals surface area contributed by atoms with Crippen molar-refractivity contribution in [3.8, 4) is 6.07 Å². The van der Waals surface area contributed by atoms with Crippen LogP contribution in [0.2, 0.25) is 0 Å². The van der Waals surface area contributed by atoms with Gasteiger partial charge in [-0.3, -0.25) is 4.79 Å². The zero-order valence-electron chi connectivity index (χ0n) is 16.8. The number of nitriles is 1. The van der Waals surface area contributed by atoms with Crippen LogP contribution in [0.1, 0.15) is 24.8 Å². The van der Waals surface area contributed by atoms with Crippen LogP contribution in [-0.2, 0) is 4.79 Å². The zero-order chi connectivity index (χ0) is 21.5. The summed E-state index contributed by atoms with van der Waals surface area (Å²) in [4.78, 5) is 14.8. The van der Waals surface area contributed by atoms with E-state index in [1.165, 1.54) is 6.42 Å². The Morgan fingerprint density at radius 2 is 1.87 bits per heavy atom. The SMILES string of the molecule is N#C/C(=C\c1ccc2ccccc2c1N1CCCCC1)C(=O)NCC(O)C(O)CO. The van der Waals surface area contributed by atoms with E-state index < -0.39 is 24.7 Å². The molecular weight excluding hydrogens is 382 g/mol. The maximum atomic E-state index is 12.5. The van der Waals surface area contributed by atoms with Crippen molar-refractivity contribution in [2.45, 2.75) is 31.5 Å². The number of anilines is 1. The van der Waals surface area contributed by atoms with E-state index in [-0.39, 0.29) is 12.1 Å². The summed E-state index contributed by atoms with van der Waals surface area (Å²) in [6.45, 7) is 0.965. The Morgan fingerprint density at radius 1 is 1.13 bits per heavy atom. The lowest BCUT2D eigenvalue weighted by Gasteiger charge is -2.31. The van der Waals surface area contributed by atoms with Gasteiger partial charge in [-0.2, -0.15) is 5.26 Å². The molecule has 7 nitrogen and oxygen atoms in total. The minimum absolute atomic E-state index is 0.0887. The number of carbonyl (C=O) groups excluding carboxylic acids is 1. The third kappa shape index (κ3) is 4.97. The van der Waals surface area contributed by atoms with E-state index in [1.54, 1.807) is 6.08 Å². The zero-order valence-corrected chi connectivity index (χ0v) is 16.8. The first-order chi connectivity index (χ1) is 14.5. The van der Waals surface area contributed by atoms with Gasteiger partial charge in [0.2, 0.25) is 0 Å². The van der Waals surface area contributed by atoms with E-state index >= 15 is 0 Å². The van der Waals surface area contributed by atoms with Crippen LogP contribution in [0.5, 0.6) is 0 Å². The van der Waals surface area contributed by atoms with Crippen molar-refractivity contribution in [3.63, 3.8) is 0 Å². The summed E-state index contributed by atoms with van der Waals surface area (Å²) in [5, 5.41) is 42.2. The predicted octanol–water partition coefficient (Wildman–Crippen LogP) is 1.57. The molecule has 0 aromatic heterocycles. The first-order valence-corrected chi connectivity index (χ1v) is 10.2. The molecule has 1 heterocycles. The Balaban J connectivity index is 1.93. The highest BCUT2D eigenvalue weighted by molar-refractivity contribution is 6.05. The number of nitrogens with one attached hydrogen (secondary N) is 1. The lowest BCUT2D eigenvalue weighted by Crippen LogP contribution is -2.40. The van der Waals surface area contributed by atoms with Gasteiger partial charge in [-0.05, 0) is 36.3 Å². The number of aliphatic hydroxyl groups is 3. The maximum absolute atomic E-state index is 12.5. The van der Waals surface area contributed by atoms with Crippen molar-refractivity contribution in [3.05, 3.63) is 47.5 Å². The second-order valence-corrected chi connectivity index (χ2v) is 7.47. The number of benzene rings is 2. The highest BCUT2D eigenvalue weighted by Crippen LogP contribution is 2.34. The first-order valence-electron chi connectivity index (χ1n) is 10.2. The van der Waals surface area contributed by atoms with Crippen LogP contribution in [0.4, 0.5) is 5.69 Å². The standard InChI is InChI=1S/C23H27N3O4/c24-13-18(23(30)25-14-20(28)21(29)15-27)12-17-9-8-16-6-2-3-7-19(16)22(17)26-10-4-1-5-11-26/h2-3,6-9,12,20-21,27-29H,1,4-5,10-11,14-15H2,(H,25,30)/b18-12+. The molecule has 3 rings (SSSR count). The highest BCUT2D eigenvalue weighted by Gasteiger charge is 2.20. The number of amides is 1. The van der Waals surface area contributed by atoms with Crippen LogP contribution in [0.25, 0.3) is 16.8 Å². The van der Waals surface area contributed by atoms with Gasteiger partial charge in [-0.15, -0.1) is 0 Å². The van der Waals surface area contributed by atoms with Gasteiger partial charge in [0.1, 0.15) is 17.7 Å². The Labute approximate surface area is 175 Å². The monoisotopic (exact) mass is 409 g/mol. The Bertz CT molecular complexity index is 961. The second-order valence-electron chi connectivity index (χ2n) is 7.47. The largest absolute Gasteiger partial charge is 0.394 e. The van der Waals surface area contributed by atoms with Crippen LogP contribution < -0.4 is 10.2 Å². The molecule has 0 radical (unpaired) electrons.